The Labute approximate surface area is 484 Å². The van der Waals surface area contributed by atoms with Gasteiger partial charge in [-0.3, -0.25) is 14.4 Å². The quantitative estimate of drug-likeness (QED) is 0.0261. The van der Waals surface area contributed by atoms with Crippen LogP contribution in [0.5, 0.6) is 0 Å². The highest BCUT2D eigenvalue weighted by Crippen LogP contribution is 2.12. The highest BCUT2D eigenvalue weighted by atomic mass is 16.6. The Morgan fingerprint density at radius 1 is 0.253 bits per heavy atom. The van der Waals surface area contributed by atoms with Crippen LogP contribution in [0.25, 0.3) is 0 Å². The summed E-state index contributed by atoms with van der Waals surface area (Å²) < 4.78 is 16.8. The molecule has 1 unspecified atom stereocenters. The summed E-state index contributed by atoms with van der Waals surface area (Å²) >= 11 is 0. The first kappa shape index (κ1) is 73.2. The first-order valence-electron chi connectivity index (χ1n) is 30.9. The van der Waals surface area contributed by atoms with Crippen molar-refractivity contribution >= 4 is 17.9 Å². The van der Waals surface area contributed by atoms with Crippen LogP contribution in [-0.2, 0) is 28.6 Å². The number of carbonyl (C=O) groups excluding carboxylic acids is 3. The smallest absolute Gasteiger partial charge is 0.306 e. The molecule has 0 aromatic rings. The van der Waals surface area contributed by atoms with Crippen LogP contribution in [0.15, 0.2) is 194 Å². The predicted molar refractivity (Wildman–Crippen MR) is 343 cm³/mol. The molecule has 0 rings (SSSR count). The van der Waals surface area contributed by atoms with Gasteiger partial charge in [-0.25, -0.2) is 0 Å². The zero-order chi connectivity index (χ0) is 57.1. The molecule has 0 heterocycles. The topological polar surface area (TPSA) is 78.9 Å². The SMILES string of the molecule is CC/C=C\C/C=C\C/C=C\C/C=C\C/C=C\C/C=C\C/C=C\CCCCCC(=O)OCC(COC(=O)CCCCCC/C=C\C/C=C\C/C=C\C/C=C\CC)OC(=O)CCCCC/C=C\C/C=C\C/C=C\C/C=C\C/C=C\CC. The summed E-state index contributed by atoms with van der Waals surface area (Å²) in [4.78, 5) is 38.3. The highest BCUT2D eigenvalue weighted by molar-refractivity contribution is 5.71. The van der Waals surface area contributed by atoms with E-state index in [9.17, 15) is 14.4 Å². The molecular weight excluding hydrogens is 973 g/mol. The van der Waals surface area contributed by atoms with Crippen molar-refractivity contribution in [3.8, 4) is 0 Å². The average molecular weight is 1080 g/mol. The number of hydrogen-bond acceptors (Lipinski definition) is 6. The summed E-state index contributed by atoms with van der Waals surface area (Å²) in [5, 5.41) is 0. The molecule has 438 valence electrons. The van der Waals surface area contributed by atoms with E-state index in [-0.39, 0.29) is 37.5 Å². The van der Waals surface area contributed by atoms with Gasteiger partial charge in [0.15, 0.2) is 6.10 Å². The summed E-state index contributed by atoms with van der Waals surface area (Å²) in [7, 11) is 0. The second kappa shape index (κ2) is 64.8. The molecule has 6 nitrogen and oxygen atoms in total. The van der Waals surface area contributed by atoms with Crippen molar-refractivity contribution in [2.75, 3.05) is 13.2 Å². The second-order valence-corrected chi connectivity index (χ2v) is 19.5. The third-order valence-electron chi connectivity index (χ3n) is 12.1. The van der Waals surface area contributed by atoms with Crippen molar-refractivity contribution in [2.45, 2.75) is 232 Å². The Bertz CT molecular complexity index is 1920. The van der Waals surface area contributed by atoms with Crippen LogP contribution in [0.4, 0.5) is 0 Å². The molecule has 6 heteroatoms. The maximum absolute atomic E-state index is 12.9. The summed E-state index contributed by atoms with van der Waals surface area (Å²) in [6.45, 7) is 6.20. The number of allylic oxidation sites excluding steroid dienone is 32. The minimum Gasteiger partial charge on any atom is -0.462 e. The standard InChI is InChI=1S/C73H110O6/c1-4-7-10-13-16-19-22-25-28-31-33-34-35-36-37-38-40-42-45-48-51-54-57-60-63-66-72(75)78-69-70(68-77-71(74)65-62-59-56-53-50-47-44-41-30-27-24-21-18-15-12-9-6-3)79-73(76)67-64-61-58-55-52-49-46-43-39-32-29-26-23-20-17-14-11-8-5-2/h7-12,16-21,25-30,33-34,36-37,39-40,42-44,47-49,51-52,70H,4-6,13-15,22-24,31-32,35,38,41,45-46,50,53-69H2,1-3H3/b10-7-,11-8-,12-9-,19-16-,20-17-,21-18-,28-25-,29-26-,30-27-,34-33-,37-36-,42-40-,43-39-,47-44-,51-48-,52-49-. The predicted octanol–water partition coefficient (Wildman–Crippen LogP) is 21.4. The maximum Gasteiger partial charge on any atom is 0.306 e. The van der Waals surface area contributed by atoms with E-state index in [1.807, 2.05) is 0 Å². The number of carbonyl (C=O) groups is 3. The van der Waals surface area contributed by atoms with Gasteiger partial charge in [-0.15, -0.1) is 0 Å². The Morgan fingerprint density at radius 2 is 0.456 bits per heavy atom. The number of hydrogen-bond donors (Lipinski definition) is 0. The zero-order valence-corrected chi connectivity index (χ0v) is 50.0. The summed E-state index contributed by atoms with van der Waals surface area (Å²) in [6, 6.07) is 0. The third-order valence-corrected chi connectivity index (χ3v) is 12.1. The van der Waals surface area contributed by atoms with Gasteiger partial charge in [0.2, 0.25) is 0 Å². The summed E-state index contributed by atoms with van der Waals surface area (Å²) in [5.41, 5.74) is 0. The van der Waals surface area contributed by atoms with Crippen molar-refractivity contribution in [1.82, 2.24) is 0 Å². The van der Waals surface area contributed by atoms with Crippen molar-refractivity contribution in [3.63, 3.8) is 0 Å². The van der Waals surface area contributed by atoms with Crippen molar-refractivity contribution in [3.05, 3.63) is 194 Å². The molecule has 0 fully saturated rings. The molecule has 79 heavy (non-hydrogen) atoms. The maximum atomic E-state index is 12.9. The third kappa shape index (κ3) is 63.0. The van der Waals surface area contributed by atoms with E-state index < -0.39 is 6.10 Å². The summed E-state index contributed by atoms with van der Waals surface area (Å²) in [5.74, 6) is -1.03. The van der Waals surface area contributed by atoms with Crippen molar-refractivity contribution in [1.29, 1.82) is 0 Å². The zero-order valence-electron chi connectivity index (χ0n) is 50.0. The van der Waals surface area contributed by atoms with Gasteiger partial charge in [0.1, 0.15) is 13.2 Å². The Hall–Kier alpha value is -5.75. The number of ether oxygens (including phenoxy) is 3. The number of esters is 3. The normalized spacial score (nSPS) is 13.5. The van der Waals surface area contributed by atoms with Gasteiger partial charge in [-0.05, 0) is 161 Å². The van der Waals surface area contributed by atoms with Crippen LogP contribution >= 0.6 is 0 Å². The van der Waals surface area contributed by atoms with Gasteiger partial charge < -0.3 is 14.2 Å². The molecule has 0 radical (unpaired) electrons. The molecule has 0 aliphatic rings. The van der Waals surface area contributed by atoms with E-state index in [4.69, 9.17) is 14.2 Å². The highest BCUT2D eigenvalue weighted by Gasteiger charge is 2.19. The molecule has 0 saturated carbocycles. The molecule has 0 aliphatic heterocycles. The van der Waals surface area contributed by atoms with E-state index in [0.29, 0.717) is 19.3 Å². The molecule has 0 saturated heterocycles. The van der Waals surface area contributed by atoms with E-state index >= 15 is 0 Å². The molecule has 0 amide bonds. The van der Waals surface area contributed by atoms with Gasteiger partial charge in [0.05, 0.1) is 0 Å². The Morgan fingerprint density at radius 3 is 0.709 bits per heavy atom. The van der Waals surface area contributed by atoms with E-state index in [1.54, 1.807) is 0 Å². The van der Waals surface area contributed by atoms with Gasteiger partial charge >= 0.3 is 17.9 Å². The molecule has 0 aromatic heterocycles. The monoisotopic (exact) mass is 1080 g/mol. The first-order chi connectivity index (χ1) is 39.0. The van der Waals surface area contributed by atoms with Crippen LogP contribution in [0, 0.1) is 0 Å². The van der Waals surface area contributed by atoms with Crippen LogP contribution in [0.2, 0.25) is 0 Å². The fourth-order valence-corrected chi connectivity index (χ4v) is 7.56. The largest absolute Gasteiger partial charge is 0.462 e. The van der Waals surface area contributed by atoms with E-state index in [0.717, 1.165) is 180 Å². The summed E-state index contributed by atoms with van der Waals surface area (Å²) in [6.07, 6.45) is 98.5. The molecule has 1 atom stereocenters. The van der Waals surface area contributed by atoms with Gasteiger partial charge in [0, 0.05) is 19.3 Å². The van der Waals surface area contributed by atoms with Gasteiger partial charge in [-0.1, -0.05) is 241 Å². The minimum absolute atomic E-state index is 0.126. The fraction of sp³-hybridized carbons (Fsp3) is 0.521. The fourth-order valence-electron chi connectivity index (χ4n) is 7.56. The lowest BCUT2D eigenvalue weighted by Crippen LogP contribution is -2.30. The second-order valence-electron chi connectivity index (χ2n) is 19.5. The molecule has 0 bridgehead atoms. The lowest BCUT2D eigenvalue weighted by atomic mass is 10.1. The van der Waals surface area contributed by atoms with Crippen LogP contribution in [-0.4, -0.2) is 37.2 Å². The minimum atomic E-state index is -0.834. The molecule has 0 N–H and O–H groups in total. The Kier molecular flexibility index (Phi) is 60.1. The molecular formula is C73H110O6. The van der Waals surface area contributed by atoms with Crippen molar-refractivity contribution < 1.29 is 28.6 Å². The van der Waals surface area contributed by atoms with Gasteiger partial charge in [-0.2, -0.15) is 0 Å². The molecule has 0 spiro atoms. The van der Waals surface area contributed by atoms with E-state index in [2.05, 4.69) is 215 Å². The molecule has 0 aromatic carbocycles. The van der Waals surface area contributed by atoms with E-state index in [1.165, 1.54) is 0 Å². The van der Waals surface area contributed by atoms with Gasteiger partial charge in [0.25, 0.3) is 0 Å². The Balaban J connectivity index is 4.59. The number of unbranched alkanes of at least 4 members (excludes halogenated alkanes) is 10. The first-order valence-corrected chi connectivity index (χ1v) is 30.9. The van der Waals surface area contributed by atoms with Crippen LogP contribution in [0.1, 0.15) is 226 Å². The van der Waals surface area contributed by atoms with Crippen LogP contribution < -0.4 is 0 Å². The number of rotatable bonds is 53. The average Bonchev–Trinajstić information content (AvgIpc) is 3.45. The van der Waals surface area contributed by atoms with Crippen molar-refractivity contribution in [2.24, 2.45) is 0 Å². The van der Waals surface area contributed by atoms with Crippen LogP contribution in [0.3, 0.4) is 0 Å². The molecule has 0 aliphatic carbocycles. The lowest BCUT2D eigenvalue weighted by molar-refractivity contribution is -0.167. The lowest BCUT2D eigenvalue weighted by Gasteiger charge is -2.18.